The molecule has 0 aromatic carbocycles. The summed E-state index contributed by atoms with van der Waals surface area (Å²) in [5.41, 5.74) is 0. The van der Waals surface area contributed by atoms with Gasteiger partial charge in [0.25, 0.3) is 0 Å². The highest BCUT2D eigenvalue weighted by atomic mass is 31.1. The fraction of sp³-hybridized carbons (Fsp3) is 1.00. The van der Waals surface area contributed by atoms with E-state index < -0.39 is 0 Å². The van der Waals surface area contributed by atoms with Gasteiger partial charge < -0.3 is 0 Å². The van der Waals surface area contributed by atoms with Gasteiger partial charge in [0, 0.05) is 0 Å². The van der Waals surface area contributed by atoms with Gasteiger partial charge in [0.05, 0.1) is 0 Å². The predicted octanol–water partition coefficient (Wildman–Crippen LogP) is 10.8. The summed E-state index contributed by atoms with van der Waals surface area (Å²) in [7, 11) is 6.91. The van der Waals surface area contributed by atoms with Crippen molar-refractivity contribution >= 4 is 26.4 Å². The Labute approximate surface area is 205 Å². The van der Waals surface area contributed by atoms with E-state index in [0.717, 1.165) is 0 Å². The lowest BCUT2D eigenvalue weighted by atomic mass is 9.90. The van der Waals surface area contributed by atoms with Gasteiger partial charge in [0.1, 0.15) is 0 Å². The van der Waals surface area contributed by atoms with Crippen LogP contribution in [0, 0.1) is 0 Å². The smallest absolute Gasteiger partial charge is 0.0150 e. The maximum absolute atomic E-state index is 3.33. The van der Waals surface area contributed by atoms with Crippen molar-refractivity contribution in [3.63, 3.8) is 0 Å². The maximum atomic E-state index is 3.33. The van der Waals surface area contributed by atoms with E-state index in [9.17, 15) is 0 Å². The van der Waals surface area contributed by atoms with E-state index in [-0.39, 0.29) is 7.92 Å². The van der Waals surface area contributed by atoms with Crippen LogP contribution in [0.3, 0.4) is 0 Å². The zero-order chi connectivity index (χ0) is 23.4. The van der Waals surface area contributed by atoms with E-state index in [0.29, 0.717) is 10.3 Å². The normalized spacial score (nSPS) is 12.8. The number of unbranched alkanes of at least 4 members (excludes halogenated alkanes) is 5. The number of hydrogen-bond donors (Lipinski definition) is 0. The van der Waals surface area contributed by atoms with Crippen molar-refractivity contribution in [1.82, 2.24) is 0 Å². The van der Waals surface area contributed by atoms with E-state index in [1.807, 2.05) is 0 Å². The van der Waals surface area contributed by atoms with Crippen LogP contribution in [0.25, 0.3) is 0 Å². The third kappa shape index (κ3) is 17.4. The first-order valence-corrected chi connectivity index (χ1v) is 17.2. The van der Waals surface area contributed by atoms with E-state index in [1.54, 1.807) is 0 Å². The van der Waals surface area contributed by atoms with Crippen LogP contribution in [-0.2, 0) is 0 Å². The average molecular weight is 491 g/mol. The van der Waals surface area contributed by atoms with Crippen LogP contribution in [0.1, 0.15) is 150 Å². The van der Waals surface area contributed by atoms with Crippen LogP contribution in [0.2, 0.25) is 0 Å². The molecule has 0 fully saturated rings. The summed E-state index contributed by atoms with van der Waals surface area (Å²) in [5.74, 6) is 0. The Morgan fingerprint density at radius 1 is 0.419 bits per heavy atom. The third-order valence-corrected chi connectivity index (χ3v) is 11.8. The molecule has 0 heterocycles. The second-order valence-corrected chi connectivity index (χ2v) is 15.7. The molecule has 0 rings (SSSR count). The van der Waals surface area contributed by atoms with Gasteiger partial charge >= 0.3 is 0 Å². The molecule has 31 heavy (non-hydrogen) atoms. The molecule has 0 aliphatic rings. The van der Waals surface area contributed by atoms with Crippen molar-refractivity contribution < 1.29 is 0 Å². The molecule has 0 saturated heterocycles. The molecule has 0 aromatic heterocycles. The lowest BCUT2D eigenvalue weighted by Gasteiger charge is -2.32. The van der Waals surface area contributed by atoms with Crippen LogP contribution < -0.4 is 0 Å². The first-order chi connectivity index (χ1) is 14.9. The first kappa shape index (κ1) is 32.3. The predicted molar refractivity (Wildman–Crippen MR) is 158 cm³/mol. The second-order valence-electron chi connectivity index (χ2n) is 10.5. The molecule has 0 nitrogen and oxygen atoms in total. The molecule has 188 valence electrons. The van der Waals surface area contributed by atoms with Crippen LogP contribution >= 0.6 is 26.4 Å². The quantitative estimate of drug-likeness (QED) is 0.125. The minimum absolute atomic E-state index is 0.257. The summed E-state index contributed by atoms with van der Waals surface area (Å²) >= 11 is 0. The maximum Gasteiger partial charge on any atom is -0.0150 e. The Morgan fingerprint density at radius 3 is 0.968 bits per heavy atom. The molecule has 0 N–H and O–H groups in total. The number of rotatable bonds is 23. The molecule has 3 heteroatoms. The van der Waals surface area contributed by atoms with Crippen molar-refractivity contribution in [2.45, 2.75) is 161 Å². The largest absolute Gasteiger partial charge is 0.131 e. The summed E-state index contributed by atoms with van der Waals surface area (Å²) in [4.78, 5) is 0. The van der Waals surface area contributed by atoms with Gasteiger partial charge in [-0.25, -0.2) is 0 Å². The molecule has 0 aromatic rings. The summed E-state index contributed by atoms with van der Waals surface area (Å²) < 4.78 is 0. The van der Waals surface area contributed by atoms with Gasteiger partial charge in [-0.1, -0.05) is 92.4 Å². The van der Waals surface area contributed by atoms with Gasteiger partial charge in [-0.2, -0.15) is 0 Å². The van der Waals surface area contributed by atoms with Crippen molar-refractivity contribution in [3.05, 3.63) is 0 Å². The zero-order valence-corrected chi connectivity index (χ0v) is 25.7. The first-order valence-electron chi connectivity index (χ1n) is 14.2. The highest BCUT2D eigenvalue weighted by molar-refractivity contribution is 7.57. The molecule has 0 bridgehead atoms. The van der Waals surface area contributed by atoms with E-state index in [4.69, 9.17) is 0 Å². The van der Waals surface area contributed by atoms with Gasteiger partial charge in [-0.15, -0.1) is 26.4 Å². The third-order valence-electron chi connectivity index (χ3n) is 7.24. The minimum Gasteiger partial charge on any atom is -0.131 e. The molecule has 0 spiro atoms. The van der Waals surface area contributed by atoms with E-state index in [2.05, 4.69) is 53.1 Å². The summed E-state index contributed by atoms with van der Waals surface area (Å²) in [5, 5.41) is 1.07. The lowest BCUT2D eigenvalue weighted by Crippen LogP contribution is -2.22. The molecular formula is C28H61P3. The minimum atomic E-state index is 0.257. The average Bonchev–Trinajstić information content (AvgIpc) is 2.77. The Morgan fingerprint density at radius 2 is 0.677 bits per heavy atom. The van der Waals surface area contributed by atoms with E-state index >= 15 is 0 Å². The van der Waals surface area contributed by atoms with Crippen molar-refractivity contribution in [3.8, 4) is 0 Å². The van der Waals surface area contributed by atoms with Crippen molar-refractivity contribution in [1.29, 1.82) is 0 Å². The van der Waals surface area contributed by atoms with Gasteiger partial charge in [-0.05, 0) is 86.6 Å². The Balaban J connectivity index is 4.65. The number of hydrogen-bond acceptors (Lipinski definition) is 0. The van der Waals surface area contributed by atoms with Gasteiger partial charge in [0.15, 0.2) is 0 Å². The molecular weight excluding hydrogens is 429 g/mol. The summed E-state index contributed by atoms with van der Waals surface area (Å²) in [6.45, 7) is 11.8. The van der Waals surface area contributed by atoms with Crippen LogP contribution in [0.4, 0.5) is 0 Å². The molecule has 0 amide bonds. The monoisotopic (exact) mass is 490 g/mol. The lowest BCUT2D eigenvalue weighted by molar-refractivity contribution is 0.432. The fourth-order valence-corrected chi connectivity index (χ4v) is 8.76. The van der Waals surface area contributed by atoms with Crippen molar-refractivity contribution in [2.24, 2.45) is 0 Å². The highest BCUT2D eigenvalue weighted by Crippen LogP contribution is 2.44. The fourth-order valence-electron chi connectivity index (χ4n) is 4.89. The van der Waals surface area contributed by atoms with Crippen LogP contribution in [0.5, 0.6) is 0 Å². The molecule has 0 aliphatic heterocycles. The van der Waals surface area contributed by atoms with Gasteiger partial charge in [0.2, 0.25) is 0 Å². The van der Waals surface area contributed by atoms with Crippen LogP contribution in [0.15, 0.2) is 0 Å². The standard InChI is InChI=1S/C28H61P3/c1-6-11-18-27(29,19-12-7-2)22-16-25-31(24-15-10-5)26-17-23-28(30,20-13-8-3)21-14-9-4/h6-26,29-30H2,1-5H3. The SMILES string of the molecule is CCCCP(CCCC(P)(CCCC)CCCC)CCCC(P)(CCCC)CCCC. The Bertz CT molecular complexity index is 334. The molecule has 0 aliphatic carbocycles. The summed E-state index contributed by atoms with van der Waals surface area (Å²) in [6.07, 6.45) is 30.0. The van der Waals surface area contributed by atoms with Crippen molar-refractivity contribution in [2.75, 3.05) is 18.5 Å². The zero-order valence-electron chi connectivity index (χ0n) is 22.5. The van der Waals surface area contributed by atoms with Crippen LogP contribution in [-0.4, -0.2) is 28.8 Å². The van der Waals surface area contributed by atoms with E-state index in [1.165, 1.54) is 134 Å². The second kappa shape index (κ2) is 20.6. The molecule has 0 saturated carbocycles. The Kier molecular flexibility index (Phi) is 21.5. The molecule has 2 atom stereocenters. The van der Waals surface area contributed by atoms with Gasteiger partial charge in [-0.3, -0.25) is 0 Å². The Hall–Kier alpha value is 1.29. The highest BCUT2D eigenvalue weighted by Gasteiger charge is 2.25. The molecule has 2 unspecified atom stereocenters. The molecule has 0 radical (unpaired) electrons. The topological polar surface area (TPSA) is 0 Å². The summed E-state index contributed by atoms with van der Waals surface area (Å²) in [6, 6.07) is 0.